The number of aromatic carboxylic acids is 1. The summed E-state index contributed by atoms with van der Waals surface area (Å²) in [5.74, 6) is -0.928. The van der Waals surface area contributed by atoms with Gasteiger partial charge in [0.05, 0.1) is 5.56 Å². The molecule has 1 N–H and O–H groups in total. The zero-order valence-corrected chi connectivity index (χ0v) is 13.0. The van der Waals surface area contributed by atoms with Crippen LogP contribution in [-0.2, 0) is 0 Å². The molecule has 0 amide bonds. The molecule has 3 nitrogen and oxygen atoms in total. The summed E-state index contributed by atoms with van der Waals surface area (Å²) in [5.41, 5.74) is 3.56. The zero-order chi connectivity index (χ0) is 14.7. The van der Waals surface area contributed by atoms with E-state index in [4.69, 9.17) is 5.11 Å². The van der Waals surface area contributed by atoms with Gasteiger partial charge in [0.15, 0.2) is 0 Å². The van der Waals surface area contributed by atoms with Crippen molar-refractivity contribution in [3.05, 3.63) is 58.1 Å². The molecule has 0 aliphatic rings. The Morgan fingerprint density at radius 2 is 1.95 bits per heavy atom. The molecule has 0 aromatic heterocycles. The molecule has 0 saturated carbocycles. The maximum Gasteiger partial charge on any atom is 0.336 e. The van der Waals surface area contributed by atoms with Gasteiger partial charge in [-0.1, -0.05) is 18.2 Å². The minimum atomic E-state index is -0.928. The molecule has 0 aliphatic heterocycles. The van der Waals surface area contributed by atoms with Crippen LogP contribution in [0.15, 0.2) is 46.9 Å². The van der Waals surface area contributed by atoms with Crippen LogP contribution >= 0.6 is 15.9 Å². The average Bonchev–Trinajstić information content (AvgIpc) is 2.41. The summed E-state index contributed by atoms with van der Waals surface area (Å²) < 4.78 is 0.592. The molecule has 0 radical (unpaired) electrons. The van der Waals surface area contributed by atoms with Gasteiger partial charge in [-0.05, 0) is 59.6 Å². The number of hydrogen-bond donors (Lipinski definition) is 1. The highest BCUT2D eigenvalue weighted by molar-refractivity contribution is 9.10. The van der Waals surface area contributed by atoms with Crippen LogP contribution in [-0.4, -0.2) is 17.6 Å². The smallest absolute Gasteiger partial charge is 0.336 e. The van der Waals surface area contributed by atoms with Crippen molar-refractivity contribution in [2.24, 2.45) is 0 Å². The van der Waals surface area contributed by atoms with Crippen molar-refractivity contribution in [3.63, 3.8) is 0 Å². The molecule has 2 aromatic rings. The van der Waals surface area contributed by atoms with Gasteiger partial charge in [-0.15, -0.1) is 0 Å². The van der Waals surface area contributed by atoms with E-state index in [2.05, 4.69) is 46.8 Å². The van der Waals surface area contributed by atoms with Crippen LogP contribution in [0.3, 0.4) is 0 Å². The third-order valence-electron chi connectivity index (χ3n) is 3.22. The van der Waals surface area contributed by atoms with Crippen molar-refractivity contribution in [3.8, 4) is 0 Å². The molecule has 20 heavy (non-hydrogen) atoms. The average molecular weight is 334 g/mol. The third kappa shape index (κ3) is 2.85. The SMILES string of the molecule is CCN(c1ccc(C(=O)O)c(Br)c1)c1ccccc1C. The first-order chi connectivity index (χ1) is 9.54. The van der Waals surface area contributed by atoms with Crippen LogP contribution < -0.4 is 4.90 Å². The summed E-state index contributed by atoms with van der Waals surface area (Å²) in [5, 5.41) is 9.07. The molecule has 0 saturated heterocycles. The van der Waals surface area contributed by atoms with Crippen molar-refractivity contribution in [1.29, 1.82) is 0 Å². The Labute approximate surface area is 127 Å². The van der Waals surface area contributed by atoms with Crippen LogP contribution in [0.5, 0.6) is 0 Å². The van der Waals surface area contributed by atoms with Gasteiger partial charge in [-0.3, -0.25) is 0 Å². The normalized spacial score (nSPS) is 10.3. The summed E-state index contributed by atoms with van der Waals surface area (Å²) in [6.07, 6.45) is 0. The molecule has 0 unspecified atom stereocenters. The summed E-state index contributed by atoms with van der Waals surface area (Å²) >= 11 is 3.33. The first-order valence-corrected chi connectivity index (χ1v) is 7.20. The molecule has 2 aromatic carbocycles. The molecular weight excluding hydrogens is 318 g/mol. The molecule has 4 heteroatoms. The second-order valence-corrected chi connectivity index (χ2v) is 5.35. The first kappa shape index (κ1) is 14.6. The monoisotopic (exact) mass is 333 g/mol. The Morgan fingerprint density at radius 3 is 2.50 bits per heavy atom. The minimum Gasteiger partial charge on any atom is -0.478 e. The minimum absolute atomic E-state index is 0.273. The highest BCUT2D eigenvalue weighted by Gasteiger charge is 2.13. The number of para-hydroxylation sites is 1. The van der Waals surface area contributed by atoms with Crippen molar-refractivity contribution < 1.29 is 9.90 Å². The van der Waals surface area contributed by atoms with Gasteiger partial charge in [0.25, 0.3) is 0 Å². The highest BCUT2D eigenvalue weighted by atomic mass is 79.9. The van der Waals surface area contributed by atoms with E-state index < -0.39 is 5.97 Å². The number of aryl methyl sites for hydroxylation is 1. The van der Waals surface area contributed by atoms with E-state index in [1.54, 1.807) is 6.07 Å². The van der Waals surface area contributed by atoms with E-state index in [0.717, 1.165) is 17.9 Å². The van der Waals surface area contributed by atoms with E-state index in [0.29, 0.717) is 4.47 Å². The lowest BCUT2D eigenvalue weighted by Crippen LogP contribution is -2.17. The van der Waals surface area contributed by atoms with E-state index in [-0.39, 0.29) is 5.56 Å². The second kappa shape index (κ2) is 6.09. The number of nitrogens with zero attached hydrogens (tertiary/aromatic N) is 1. The van der Waals surface area contributed by atoms with Crippen molar-refractivity contribution >= 4 is 33.3 Å². The lowest BCUT2D eigenvalue weighted by molar-refractivity contribution is 0.0696. The van der Waals surface area contributed by atoms with Crippen molar-refractivity contribution in [2.45, 2.75) is 13.8 Å². The van der Waals surface area contributed by atoms with Gasteiger partial charge in [0, 0.05) is 22.4 Å². The van der Waals surface area contributed by atoms with Gasteiger partial charge < -0.3 is 10.0 Å². The van der Waals surface area contributed by atoms with Gasteiger partial charge in [-0.25, -0.2) is 4.79 Å². The van der Waals surface area contributed by atoms with Crippen molar-refractivity contribution in [2.75, 3.05) is 11.4 Å². The Kier molecular flexibility index (Phi) is 4.45. The summed E-state index contributed by atoms with van der Waals surface area (Å²) in [6, 6.07) is 13.5. The summed E-state index contributed by atoms with van der Waals surface area (Å²) in [6.45, 7) is 4.95. The number of carbonyl (C=O) groups is 1. The number of carboxylic acids is 1. The van der Waals surface area contributed by atoms with Gasteiger partial charge in [-0.2, -0.15) is 0 Å². The third-order valence-corrected chi connectivity index (χ3v) is 3.87. The lowest BCUT2D eigenvalue weighted by Gasteiger charge is -2.25. The van der Waals surface area contributed by atoms with E-state index >= 15 is 0 Å². The summed E-state index contributed by atoms with van der Waals surface area (Å²) in [4.78, 5) is 13.2. The quantitative estimate of drug-likeness (QED) is 0.887. The Bertz CT molecular complexity index is 640. The predicted molar refractivity (Wildman–Crippen MR) is 85.0 cm³/mol. The largest absolute Gasteiger partial charge is 0.478 e. The molecule has 2 rings (SSSR count). The Hall–Kier alpha value is -1.81. The van der Waals surface area contributed by atoms with E-state index in [9.17, 15) is 4.79 Å². The number of halogens is 1. The number of anilines is 2. The fraction of sp³-hybridized carbons (Fsp3) is 0.188. The number of rotatable bonds is 4. The molecule has 0 spiro atoms. The summed E-state index contributed by atoms with van der Waals surface area (Å²) in [7, 11) is 0. The number of carboxylic acid groups (broad SMARTS) is 1. The predicted octanol–water partition coefficient (Wildman–Crippen LogP) is 4.61. The van der Waals surface area contributed by atoms with Crippen molar-refractivity contribution in [1.82, 2.24) is 0 Å². The maximum absolute atomic E-state index is 11.1. The Balaban J connectivity index is 2.46. The molecular formula is C16H16BrNO2. The second-order valence-electron chi connectivity index (χ2n) is 4.50. The maximum atomic E-state index is 11.1. The van der Waals surface area contributed by atoms with E-state index in [1.807, 2.05) is 24.3 Å². The first-order valence-electron chi connectivity index (χ1n) is 6.40. The molecule has 0 fully saturated rings. The van der Waals surface area contributed by atoms with Crippen LogP contribution in [0.4, 0.5) is 11.4 Å². The topological polar surface area (TPSA) is 40.5 Å². The van der Waals surface area contributed by atoms with Crippen LogP contribution in [0.25, 0.3) is 0 Å². The number of benzene rings is 2. The molecule has 0 aliphatic carbocycles. The van der Waals surface area contributed by atoms with Crippen LogP contribution in [0.1, 0.15) is 22.8 Å². The lowest BCUT2D eigenvalue weighted by atomic mass is 10.1. The van der Waals surface area contributed by atoms with E-state index in [1.165, 1.54) is 5.56 Å². The number of hydrogen-bond acceptors (Lipinski definition) is 2. The van der Waals surface area contributed by atoms with Gasteiger partial charge in [0.1, 0.15) is 0 Å². The molecule has 0 bridgehead atoms. The fourth-order valence-corrected chi connectivity index (χ4v) is 2.74. The molecule has 0 heterocycles. The van der Waals surface area contributed by atoms with Gasteiger partial charge in [0.2, 0.25) is 0 Å². The van der Waals surface area contributed by atoms with Gasteiger partial charge >= 0.3 is 5.97 Å². The Morgan fingerprint density at radius 1 is 1.25 bits per heavy atom. The standard InChI is InChI=1S/C16H16BrNO2/c1-3-18(15-7-5-4-6-11(15)2)12-8-9-13(16(19)20)14(17)10-12/h4-10H,3H2,1-2H3,(H,19,20). The van der Waals surface area contributed by atoms with Crippen LogP contribution in [0, 0.1) is 6.92 Å². The zero-order valence-electron chi connectivity index (χ0n) is 11.4. The molecule has 104 valence electrons. The fourth-order valence-electron chi connectivity index (χ4n) is 2.20. The van der Waals surface area contributed by atoms with Crippen LogP contribution in [0.2, 0.25) is 0 Å². The molecule has 0 atom stereocenters. The highest BCUT2D eigenvalue weighted by Crippen LogP contribution is 2.31.